The van der Waals surface area contributed by atoms with Crippen LogP contribution in [0, 0.1) is 0 Å². The summed E-state index contributed by atoms with van der Waals surface area (Å²) in [5.41, 5.74) is 2.19. The first-order valence-electron chi connectivity index (χ1n) is 3.89. The highest BCUT2D eigenvalue weighted by molar-refractivity contribution is 7.84. The highest BCUT2D eigenvalue weighted by Gasteiger charge is 2.02. The number of allylic oxidation sites excluding steroid dienone is 1. The zero-order valence-corrected chi connectivity index (χ0v) is 8.99. The predicted octanol–water partition coefficient (Wildman–Crippen LogP) is 2.84. The standard InChI is InChI=1S/C10H17NS/c1-6-8(2)7-11(5)9(3)10(4)12/h6,12H,3-4,7H2,1-2,5H3/b8-6-. The van der Waals surface area contributed by atoms with Crippen LogP contribution >= 0.6 is 12.6 Å². The van der Waals surface area contributed by atoms with E-state index in [-0.39, 0.29) is 0 Å². The average molecular weight is 183 g/mol. The SMILES string of the molecule is C=C(S)C(=C)N(C)C/C(C)=C\C. The van der Waals surface area contributed by atoms with Crippen molar-refractivity contribution in [1.29, 1.82) is 0 Å². The zero-order chi connectivity index (χ0) is 9.72. The lowest BCUT2D eigenvalue weighted by molar-refractivity contribution is 0.468. The molecule has 0 atom stereocenters. The Morgan fingerprint density at radius 1 is 1.50 bits per heavy atom. The van der Waals surface area contributed by atoms with Gasteiger partial charge in [-0.15, -0.1) is 12.6 Å². The van der Waals surface area contributed by atoms with Crippen molar-refractivity contribution in [1.82, 2.24) is 4.90 Å². The maximum Gasteiger partial charge on any atom is 0.0423 e. The van der Waals surface area contributed by atoms with Gasteiger partial charge in [-0.2, -0.15) is 0 Å². The van der Waals surface area contributed by atoms with Gasteiger partial charge < -0.3 is 4.90 Å². The summed E-state index contributed by atoms with van der Waals surface area (Å²) in [6.45, 7) is 12.6. The summed E-state index contributed by atoms with van der Waals surface area (Å²) in [6, 6.07) is 0. The Morgan fingerprint density at radius 2 is 2.00 bits per heavy atom. The lowest BCUT2D eigenvalue weighted by Gasteiger charge is -2.21. The van der Waals surface area contributed by atoms with Crippen LogP contribution in [-0.2, 0) is 0 Å². The van der Waals surface area contributed by atoms with E-state index in [0.29, 0.717) is 0 Å². The van der Waals surface area contributed by atoms with Gasteiger partial charge in [-0.1, -0.05) is 24.8 Å². The van der Waals surface area contributed by atoms with Crippen LogP contribution in [0.2, 0.25) is 0 Å². The average Bonchev–Trinajstić information content (AvgIpc) is 2.02. The molecule has 0 rings (SSSR count). The van der Waals surface area contributed by atoms with Crippen molar-refractivity contribution in [3.8, 4) is 0 Å². The molecule has 1 nitrogen and oxygen atoms in total. The molecule has 12 heavy (non-hydrogen) atoms. The Kier molecular flexibility index (Phi) is 4.83. The number of hydrogen-bond acceptors (Lipinski definition) is 2. The van der Waals surface area contributed by atoms with E-state index >= 15 is 0 Å². The summed E-state index contributed by atoms with van der Waals surface area (Å²) < 4.78 is 0. The highest BCUT2D eigenvalue weighted by atomic mass is 32.1. The van der Waals surface area contributed by atoms with Gasteiger partial charge in [0.2, 0.25) is 0 Å². The number of rotatable bonds is 4. The van der Waals surface area contributed by atoms with Crippen molar-refractivity contribution in [2.45, 2.75) is 13.8 Å². The second-order valence-corrected chi connectivity index (χ2v) is 3.42. The fraction of sp³-hybridized carbons (Fsp3) is 0.400. The molecule has 0 aromatic carbocycles. The summed E-state index contributed by atoms with van der Waals surface area (Å²) >= 11 is 4.13. The van der Waals surface area contributed by atoms with E-state index in [1.807, 2.05) is 18.9 Å². The topological polar surface area (TPSA) is 3.24 Å². The highest BCUT2D eigenvalue weighted by Crippen LogP contribution is 2.13. The second kappa shape index (κ2) is 5.09. The van der Waals surface area contributed by atoms with E-state index in [0.717, 1.165) is 17.1 Å². The maximum atomic E-state index is 4.13. The Bertz CT molecular complexity index is 216. The lowest BCUT2D eigenvalue weighted by atomic mass is 10.2. The van der Waals surface area contributed by atoms with Crippen molar-refractivity contribution in [2.75, 3.05) is 13.6 Å². The second-order valence-electron chi connectivity index (χ2n) is 2.88. The third-order valence-corrected chi connectivity index (χ3v) is 2.03. The predicted molar refractivity (Wildman–Crippen MR) is 59.3 cm³/mol. The number of hydrogen-bond donors (Lipinski definition) is 1. The van der Waals surface area contributed by atoms with Crippen LogP contribution < -0.4 is 0 Å². The van der Waals surface area contributed by atoms with Gasteiger partial charge in [0.1, 0.15) is 0 Å². The molecule has 2 heteroatoms. The summed E-state index contributed by atoms with van der Waals surface area (Å²) in [4.78, 5) is 2.76. The van der Waals surface area contributed by atoms with E-state index in [1.165, 1.54) is 5.57 Å². The fourth-order valence-corrected chi connectivity index (χ4v) is 0.952. The van der Waals surface area contributed by atoms with Gasteiger partial charge in [-0.25, -0.2) is 0 Å². The van der Waals surface area contributed by atoms with E-state index in [4.69, 9.17) is 0 Å². The Hall–Kier alpha value is -0.630. The van der Waals surface area contributed by atoms with E-state index in [1.54, 1.807) is 0 Å². The molecule has 0 aromatic rings. The molecule has 0 saturated carbocycles. The van der Waals surface area contributed by atoms with Crippen LogP contribution in [0.15, 0.2) is 35.4 Å². The first-order valence-corrected chi connectivity index (χ1v) is 4.33. The minimum Gasteiger partial charge on any atom is -0.370 e. The van der Waals surface area contributed by atoms with Gasteiger partial charge in [0.05, 0.1) is 0 Å². The van der Waals surface area contributed by atoms with Gasteiger partial charge in [-0.3, -0.25) is 0 Å². The molecular weight excluding hydrogens is 166 g/mol. The first kappa shape index (κ1) is 11.4. The summed E-state index contributed by atoms with van der Waals surface area (Å²) in [6.07, 6.45) is 2.09. The first-order chi connectivity index (χ1) is 5.49. The molecule has 0 aromatic heterocycles. The van der Waals surface area contributed by atoms with Crippen LogP contribution in [0.25, 0.3) is 0 Å². The van der Waals surface area contributed by atoms with Crippen LogP contribution in [0.1, 0.15) is 13.8 Å². The third-order valence-electron chi connectivity index (χ3n) is 1.77. The fourth-order valence-electron chi connectivity index (χ4n) is 0.781. The van der Waals surface area contributed by atoms with E-state index in [2.05, 4.69) is 38.8 Å². The van der Waals surface area contributed by atoms with Gasteiger partial charge in [0, 0.05) is 24.2 Å². The lowest BCUT2D eigenvalue weighted by Crippen LogP contribution is -2.19. The third kappa shape index (κ3) is 3.67. The summed E-state index contributed by atoms with van der Waals surface area (Å²) in [5, 5.41) is 0. The largest absolute Gasteiger partial charge is 0.370 e. The van der Waals surface area contributed by atoms with Crippen molar-refractivity contribution in [3.05, 3.63) is 35.4 Å². The quantitative estimate of drug-likeness (QED) is 0.398. The zero-order valence-electron chi connectivity index (χ0n) is 8.09. The summed E-state index contributed by atoms with van der Waals surface area (Å²) in [5.74, 6) is 0. The molecule has 0 saturated heterocycles. The van der Waals surface area contributed by atoms with Crippen LogP contribution in [0.5, 0.6) is 0 Å². The Morgan fingerprint density at radius 3 is 2.33 bits per heavy atom. The molecule has 0 unspecified atom stereocenters. The molecule has 0 heterocycles. The van der Waals surface area contributed by atoms with Crippen LogP contribution in [0.4, 0.5) is 0 Å². The molecule has 68 valence electrons. The number of nitrogens with zero attached hydrogens (tertiary/aromatic N) is 1. The van der Waals surface area contributed by atoms with Gasteiger partial charge >= 0.3 is 0 Å². The molecule has 0 bridgehead atoms. The minimum atomic E-state index is 0.724. The van der Waals surface area contributed by atoms with Crippen molar-refractivity contribution in [2.24, 2.45) is 0 Å². The Labute approximate surface area is 80.9 Å². The molecule has 0 fully saturated rings. The van der Waals surface area contributed by atoms with Gasteiger partial charge in [0.25, 0.3) is 0 Å². The Balaban J connectivity index is 4.13. The summed E-state index contributed by atoms with van der Waals surface area (Å²) in [7, 11) is 1.98. The minimum absolute atomic E-state index is 0.724. The number of likely N-dealkylation sites (N-methyl/N-ethyl adjacent to an activating group) is 1. The normalized spacial score (nSPS) is 11.2. The molecule has 0 aliphatic heterocycles. The maximum absolute atomic E-state index is 4.13. The molecule has 0 N–H and O–H groups in total. The molecule has 0 spiro atoms. The smallest absolute Gasteiger partial charge is 0.0423 e. The number of thiol groups is 1. The van der Waals surface area contributed by atoms with Crippen molar-refractivity contribution >= 4 is 12.6 Å². The van der Waals surface area contributed by atoms with Crippen molar-refractivity contribution in [3.63, 3.8) is 0 Å². The molecule has 0 amide bonds. The molecular formula is C10H17NS. The molecule has 0 aliphatic rings. The van der Waals surface area contributed by atoms with Gasteiger partial charge in [0.15, 0.2) is 0 Å². The molecule has 0 aliphatic carbocycles. The van der Waals surface area contributed by atoms with Crippen LogP contribution in [-0.4, -0.2) is 18.5 Å². The van der Waals surface area contributed by atoms with Crippen LogP contribution in [0.3, 0.4) is 0 Å². The van der Waals surface area contributed by atoms with E-state index in [9.17, 15) is 0 Å². The molecule has 0 radical (unpaired) electrons. The monoisotopic (exact) mass is 183 g/mol. The van der Waals surface area contributed by atoms with E-state index < -0.39 is 0 Å². The van der Waals surface area contributed by atoms with Gasteiger partial charge in [-0.05, 0) is 13.8 Å². The van der Waals surface area contributed by atoms with Crippen molar-refractivity contribution < 1.29 is 0 Å².